The van der Waals surface area contributed by atoms with Crippen LogP contribution >= 0.6 is 27.3 Å². The minimum atomic E-state index is -0.788. The van der Waals surface area contributed by atoms with Crippen LogP contribution in [0.5, 0.6) is 17.2 Å². The van der Waals surface area contributed by atoms with E-state index in [0.29, 0.717) is 44.3 Å². The van der Waals surface area contributed by atoms with Gasteiger partial charge in [-0.1, -0.05) is 33.3 Å². The molecule has 3 aromatic rings. The van der Waals surface area contributed by atoms with E-state index >= 15 is 0 Å². The number of aromatic nitrogens is 1. The Kier molecular flexibility index (Phi) is 7.65. The number of esters is 1. The Hall–Kier alpha value is -3.37. The Morgan fingerprint density at radius 1 is 1.19 bits per heavy atom. The average molecular weight is 573 g/mol. The smallest absolute Gasteiger partial charge is 0.338 e. The molecule has 1 atom stereocenters. The summed E-state index contributed by atoms with van der Waals surface area (Å²) in [6.45, 7) is 5.91. The topological polar surface area (TPSA) is 99.4 Å². The fraction of sp³-hybridized carbons (Fsp3) is 0.269. The molecule has 0 saturated heterocycles. The number of halogens is 1. The molecule has 0 saturated carbocycles. The Labute approximate surface area is 219 Å². The summed E-state index contributed by atoms with van der Waals surface area (Å²) in [6, 6.07) is 9.49. The van der Waals surface area contributed by atoms with E-state index in [4.69, 9.17) is 14.2 Å². The third-order valence-electron chi connectivity index (χ3n) is 5.60. The SMILES string of the molecule is CCOC(=O)C1=C(C)N=c2sc(=Cc3cc(Br)ccc3O)c(=O)n2[C@H]1c1ccc(OC)c(OCC)c1. The molecule has 0 bridgehead atoms. The quantitative estimate of drug-likeness (QED) is 0.434. The van der Waals surface area contributed by atoms with Crippen molar-refractivity contribution in [2.75, 3.05) is 20.3 Å². The lowest BCUT2D eigenvalue weighted by atomic mass is 9.95. The number of hydrogen-bond acceptors (Lipinski definition) is 8. The Bertz CT molecular complexity index is 1540. The molecular formula is C26H25BrN2O6S. The summed E-state index contributed by atoms with van der Waals surface area (Å²) in [5.41, 5.74) is 1.52. The van der Waals surface area contributed by atoms with E-state index in [2.05, 4.69) is 20.9 Å². The van der Waals surface area contributed by atoms with Gasteiger partial charge in [0.05, 0.1) is 42.2 Å². The van der Waals surface area contributed by atoms with Gasteiger partial charge in [0.15, 0.2) is 16.3 Å². The highest BCUT2D eigenvalue weighted by Gasteiger charge is 2.34. The number of phenolic OH excluding ortho intramolecular Hbond substituents is 1. The number of methoxy groups -OCH3 is 1. The second-order valence-electron chi connectivity index (χ2n) is 7.85. The highest BCUT2D eigenvalue weighted by molar-refractivity contribution is 9.10. The van der Waals surface area contributed by atoms with E-state index in [9.17, 15) is 14.7 Å². The number of thiazole rings is 1. The molecule has 2 aromatic carbocycles. The number of benzene rings is 2. The zero-order chi connectivity index (χ0) is 26.0. The fourth-order valence-corrected chi connectivity index (χ4v) is 5.44. The van der Waals surface area contributed by atoms with Gasteiger partial charge in [-0.15, -0.1) is 0 Å². The number of rotatable bonds is 7. The van der Waals surface area contributed by atoms with E-state index < -0.39 is 12.0 Å². The lowest BCUT2D eigenvalue weighted by Crippen LogP contribution is -2.40. The maximum absolute atomic E-state index is 13.7. The maximum atomic E-state index is 13.7. The van der Waals surface area contributed by atoms with Crippen LogP contribution in [-0.2, 0) is 9.53 Å². The zero-order valence-corrected chi connectivity index (χ0v) is 22.6. The van der Waals surface area contributed by atoms with Crippen molar-refractivity contribution in [2.45, 2.75) is 26.8 Å². The van der Waals surface area contributed by atoms with Crippen molar-refractivity contribution in [2.24, 2.45) is 4.99 Å². The molecule has 1 aliphatic heterocycles. The van der Waals surface area contributed by atoms with Crippen LogP contribution in [0.2, 0.25) is 0 Å². The molecule has 188 valence electrons. The van der Waals surface area contributed by atoms with Crippen LogP contribution < -0.4 is 24.4 Å². The number of phenols is 1. The summed E-state index contributed by atoms with van der Waals surface area (Å²) in [5, 5.41) is 10.3. The monoisotopic (exact) mass is 572 g/mol. The molecule has 0 fully saturated rings. The molecule has 8 nitrogen and oxygen atoms in total. The number of aromatic hydroxyl groups is 1. The highest BCUT2D eigenvalue weighted by atomic mass is 79.9. The molecule has 2 heterocycles. The summed E-state index contributed by atoms with van der Waals surface area (Å²) >= 11 is 4.58. The third-order valence-corrected chi connectivity index (χ3v) is 7.07. The first-order valence-corrected chi connectivity index (χ1v) is 12.9. The van der Waals surface area contributed by atoms with Crippen LogP contribution in [0.4, 0.5) is 0 Å². The number of carbonyl (C=O) groups excluding carboxylic acids is 1. The number of allylic oxidation sites excluding steroid dienone is 1. The maximum Gasteiger partial charge on any atom is 0.338 e. The lowest BCUT2D eigenvalue weighted by Gasteiger charge is -2.25. The molecule has 36 heavy (non-hydrogen) atoms. The van der Waals surface area contributed by atoms with Gasteiger partial charge in [-0.25, -0.2) is 9.79 Å². The molecule has 10 heteroatoms. The second kappa shape index (κ2) is 10.7. The zero-order valence-electron chi connectivity index (χ0n) is 20.2. The summed E-state index contributed by atoms with van der Waals surface area (Å²) in [5.74, 6) is 0.532. The predicted molar refractivity (Wildman–Crippen MR) is 140 cm³/mol. The van der Waals surface area contributed by atoms with Gasteiger partial charge >= 0.3 is 5.97 Å². The molecule has 0 unspecified atom stereocenters. The number of nitrogens with zero attached hydrogens (tertiary/aromatic N) is 2. The predicted octanol–water partition coefficient (Wildman–Crippen LogP) is 3.67. The lowest BCUT2D eigenvalue weighted by molar-refractivity contribution is -0.139. The van der Waals surface area contributed by atoms with Crippen LogP contribution in [0.25, 0.3) is 6.08 Å². The number of fused-ring (bicyclic) bond motifs is 1. The summed E-state index contributed by atoms with van der Waals surface area (Å²) in [7, 11) is 1.55. The highest BCUT2D eigenvalue weighted by Crippen LogP contribution is 2.36. The molecule has 1 aromatic heterocycles. The van der Waals surface area contributed by atoms with Gasteiger partial charge in [-0.05, 0) is 62.7 Å². The van der Waals surface area contributed by atoms with Crippen LogP contribution in [0.3, 0.4) is 0 Å². The molecular weight excluding hydrogens is 548 g/mol. The molecule has 1 N–H and O–H groups in total. The summed E-state index contributed by atoms with van der Waals surface area (Å²) in [4.78, 5) is 31.8. The molecule has 0 aliphatic carbocycles. The molecule has 0 spiro atoms. The van der Waals surface area contributed by atoms with Gasteiger partial charge in [0, 0.05) is 10.0 Å². The van der Waals surface area contributed by atoms with Gasteiger partial charge in [0.2, 0.25) is 0 Å². The van der Waals surface area contributed by atoms with E-state index in [1.165, 1.54) is 15.9 Å². The van der Waals surface area contributed by atoms with Crippen molar-refractivity contribution < 1.29 is 24.1 Å². The average Bonchev–Trinajstić information content (AvgIpc) is 3.15. The summed E-state index contributed by atoms with van der Waals surface area (Å²) < 4.78 is 19.1. The van der Waals surface area contributed by atoms with Gasteiger partial charge in [0.1, 0.15) is 5.75 Å². The van der Waals surface area contributed by atoms with E-state index in [0.717, 1.165) is 4.47 Å². The van der Waals surface area contributed by atoms with E-state index in [1.54, 1.807) is 63.4 Å². The fourth-order valence-electron chi connectivity index (χ4n) is 4.02. The first-order chi connectivity index (χ1) is 17.3. The summed E-state index contributed by atoms with van der Waals surface area (Å²) in [6.07, 6.45) is 1.62. The normalized spacial score (nSPS) is 15.4. The van der Waals surface area contributed by atoms with Crippen molar-refractivity contribution in [3.8, 4) is 17.2 Å². The molecule has 0 radical (unpaired) electrons. The van der Waals surface area contributed by atoms with Crippen molar-refractivity contribution in [1.29, 1.82) is 0 Å². The first-order valence-electron chi connectivity index (χ1n) is 11.3. The first kappa shape index (κ1) is 25.7. The minimum Gasteiger partial charge on any atom is -0.507 e. The van der Waals surface area contributed by atoms with E-state index in [-0.39, 0.29) is 23.5 Å². The number of ether oxygens (including phenoxy) is 3. The Balaban J connectivity index is 1.98. The van der Waals surface area contributed by atoms with Crippen molar-refractivity contribution >= 4 is 39.3 Å². The molecule has 4 rings (SSSR count). The number of hydrogen-bond donors (Lipinski definition) is 1. The second-order valence-corrected chi connectivity index (χ2v) is 9.77. The van der Waals surface area contributed by atoms with Gasteiger partial charge in [-0.3, -0.25) is 9.36 Å². The Morgan fingerprint density at radius 2 is 1.97 bits per heavy atom. The molecule has 1 aliphatic rings. The van der Waals surface area contributed by atoms with Crippen molar-refractivity contribution in [3.63, 3.8) is 0 Å². The largest absolute Gasteiger partial charge is 0.507 e. The van der Waals surface area contributed by atoms with Gasteiger partial charge in [-0.2, -0.15) is 0 Å². The van der Waals surface area contributed by atoms with Gasteiger partial charge < -0.3 is 19.3 Å². The van der Waals surface area contributed by atoms with Crippen LogP contribution in [0, 0.1) is 0 Å². The molecule has 0 amide bonds. The van der Waals surface area contributed by atoms with Crippen LogP contribution in [0.15, 0.2) is 61.9 Å². The van der Waals surface area contributed by atoms with Crippen molar-refractivity contribution in [1.82, 2.24) is 4.57 Å². The van der Waals surface area contributed by atoms with Crippen molar-refractivity contribution in [3.05, 3.63) is 83.0 Å². The number of carbonyl (C=O) groups is 1. The standard InChI is InChI=1S/C26H25BrN2O6S/c1-5-34-20-12-15(7-10-19(20)33-4)23-22(25(32)35-6-2)14(3)28-26-29(23)24(31)21(36-26)13-16-11-17(27)8-9-18(16)30/h7-13,23,30H,5-6H2,1-4H3/t23-/m0/s1. The van der Waals surface area contributed by atoms with Crippen LogP contribution in [-0.4, -0.2) is 36.0 Å². The minimum absolute atomic E-state index is 0.0421. The van der Waals surface area contributed by atoms with Crippen LogP contribution in [0.1, 0.15) is 37.9 Å². The van der Waals surface area contributed by atoms with E-state index in [1.807, 2.05) is 6.92 Å². The third kappa shape index (κ3) is 4.83. The van der Waals surface area contributed by atoms with Gasteiger partial charge in [0.25, 0.3) is 5.56 Å². The Morgan fingerprint density at radius 3 is 2.67 bits per heavy atom.